The molecule has 2 aromatic rings. The van der Waals surface area contributed by atoms with E-state index in [2.05, 4.69) is 4.98 Å². The first-order valence-electron chi connectivity index (χ1n) is 6.90. The number of carboxylic acid groups (broad SMARTS) is 1. The lowest BCUT2D eigenvalue weighted by molar-refractivity contribution is -0.154. The van der Waals surface area contributed by atoms with Crippen LogP contribution in [-0.2, 0) is 9.53 Å². The van der Waals surface area contributed by atoms with Gasteiger partial charge in [0.05, 0.1) is 13.2 Å². The second kappa shape index (κ2) is 6.43. The van der Waals surface area contributed by atoms with Crippen LogP contribution in [0.15, 0.2) is 29.6 Å². The Kier molecular flexibility index (Phi) is 4.35. The minimum Gasteiger partial charge on any atom is -0.479 e. The van der Waals surface area contributed by atoms with Crippen molar-refractivity contribution in [2.24, 2.45) is 0 Å². The molecule has 8 heteroatoms. The SMILES string of the molecule is O=C(O)[C@@H]1CN(C(=O)c2csc(-c3ccccc3F)n2)CCO1. The van der Waals surface area contributed by atoms with Crippen LogP contribution >= 0.6 is 11.3 Å². The van der Waals surface area contributed by atoms with Gasteiger partial charge in [-0.15, -0.1) is 11.3 Å². The zero-order chi connectivity index (χ0) is 16.4. The number of rotatable bonds is 3. The van der Waals surface area contributed by atoms with Gasteiger partial charge in [-0.1, -0.05) is 12.1 Å². The quantitative estimate of drug-likeness (QED) is 0.926. The molecule has 0 spiro atoms. The molecule has 0 bridgehead atoms. The summed E-state index contributed by atoms with van der Waals surface area (Å²) in [5.41, 5.74) is 0.515. The number of nitrogens with zero attached hydrogens (tertiary/aromatic N) is 2. The fraction of sp³-hybridized carbons (Fsp3) is 0.267. The van der Waals surface area contributed by atoms with Crippen LogP contribution in [0.3, 0.4) is 0 Å². The third-order valence-corrected chi connectivity index (χ3v) is 4.33. The van der Waals surface area contributed by atoms with Crippen LogP contribution in [0.25, 0.3) is 10.6 Å². The number of aromatic nitrogens is 1. The van der Waals surface area contributed by atoms with Gasteiger partial charge < -0.3 is 14.7 Å². The molecule has 2 heterocycles. The molecule has 6 nitrogen and oxygen atoms in total. The van der Waals surface area contributed by atoms with Crippen LogP contribution in [0.4, 0.5) is 4.39 Å². The van der Waals surface area contributed by atoms with E-state index >= 15 is 0 Å². The van der Waals surface area contributed by atoms with Crippen molar-refractivity contribution in [3.05, 3.63) is 41.2 Å². The molecule has 1 amide bonds. The summed E-state index contributed by atoms with van der Waals surface area (Å²) in [6.45, 7) is 0.433. The maximum atomic E-state index is 13.8. The van der Waals surface area contributed by atoms with E-state index in [0.717, 1.165) is 0 Å². The third kappa shape index (κ3) is 3.22. The first-order chi connectivity index (χ1) is 11.1. The Morgan fingerprint density at radius 2 is 2.17 bits per heavy atom. The average Bonchev–Trinajstić information content (AvgIpc) is 3.04. The van der Waals surface area contributed by atoms with Gasteiger partial charge in [0.25, 0.3) is 5.91 Å². The van der Waals surface area contributed by atoms with Crippen molar-refractivity contribution in [1.29, 1.82) is 0 Å². The highest BCUT2D eigenvalue weighted by atomic mass is 32.1. The lowest BCUT2D eigenvalue weighted by Gasteiger charge is -2.30. The van der Waals surface area contributed by atoms with Crippen molar-refractivity contribution < 1.29 is 23.8 Å². The minimum atomic E-state index is -1.10. The number of halogens is 1. The van der Waals surface area contributed by atoms with E-state index in [1.807, 2.05) is 0 Å². The number of carbonyl (C=O) groups is 2. The molecule has 1 atom stereocenters. The number of morpholine rings is 1. The molecular formula is C15H13FN2O4S. The number of thiazole rings is 1. The van der Waals surface area contributed by atoms with Crippen molar-refractivity contribution in [2.45, 2.75) is 6.10 Å². The number of hydrogen-bond donors (Lipinski definition) is 1. The van der Waals surface area contributed by atoms with E-state index < -0.39 is 17.9 Å². The number of amides is 1. The number of carboxylic acids is 1. The Bertz CT molecular complexity index is 749. The molecule has 1 fully saturated rings. The minimum absolute atomic E-state index is 0.0271. The lowest BCUT2D eigenvalue weighted by atomic mass is 10.2. The van der Waals surface area contributed by atoms with Crippen LogP contribution in [0.2, 0.25) is 0 Å². The highest BCUT2D eigenvalue weighted by molar-refractivity contribution is 7.13. The largest absolute Gasteiger partial charge is 0.479 e. The summed E-state index contributed by atoms with van der Waals surface area (Å²) in [6, 6.07) is 6.20. The Hall–Kier alpha value is -2.32. The van der Waals surface area contributed by atoms with E-state index in [0.29, 0.717) is 17.1 Å². The van der Waals surface area contributed by atoms with E-state index in [4.69, 9.17) is 9.84 Å². The number of aliphatic carboxylic acids is 1. The lowest BCUT2D eigenvalue weighted by Crippen LogP contribution is -2.48. The molecule has 0 saturated carbocycles. The van der Waals surface area contributed by atoms with E-state index in [1.54, 1.807) is 23.6 Å². The van der Waals surface area contributed by atoms with Gasteiger partial charge in [0, 0.05) is 17.5 Å². The fourth-order valence-corrected chi connectivity index (χ4v) is 3.10. The standard InChI is InChI=1S/C15H13FN2O4S/c16-10-4-2-1-3-9(10)13-17-11(8-23-13)14(19)18-5-6-22-12(7-18)15(20)21/h1-4,8,12H,5-7H2,(H,20,21)/t12-/m0/s1. The highest BCUT2D eigenvalue weighted by Gasteiger charge is 2.30. The normalized spacial score (nSPS) is 18.0. The molecule has 120 valence electrons. The Labute approximate surface area is 135 Å². The van der Waals surface area contributed by atoms with Crippen molar-refractivity contribution in [3.8, 4) is 10.6 Å². The molecule has 1 saturated heterocycles. The average molecular weight is 336 g/mol. The summed E-state index contributed by atoms with van der Waals surface area (Å²) in [7, 11) is 0. The zero-order valence-electron chi connectivity index (χ0n) is 11.9. The summed E-state index contributed by atoms with van der Waals surface area (Å²) in [4.78, 5) is 29.0. The topological polar surface area (TPSA) is 79.7 Å². The molecule has 0 radical (unpaired) electrons. The Morgan fingerprint density at radius 1 is 1.39 bits per heavy atom. The predicted molar refractivity (Wildman–Crippen MR) is 80.8 cm³/mol. The van der Waals surface area contributed by atoms with E-state index in [1.165, 1.54) is 22.3 Å². The number of benzene rings is 1. The van der Waals surface area contributed by atoms with Gasteiger partial charge in [-0.2, -0.15) is 0 Å². The molecule has 1 aromatic carbocycles. The predicted octanol–water partition coefficient (Wildman–Crippen LogP) is 1.87. The van der Waals surface area contributed by atoms with Crippen molar-refractivity contribution in [1.82, 2.24) is 9.88 Å². The number of ether oxygens (including phenoxy) is 1. The number of carbonyl (C=O) groups excluding carboxylic acids is 1. The molecule has 0 unspecified atom stereocenters. The molecule has 1 aliphatic rings. The molecule has 3 rings (SSSR count). The molecule has 0 aliphatic carbocycles. The van der Waals surface area contributed by atoms with Gasteiger partial charge in [0.1, 0.15) is 16.5 Å². The molecule has 1 N–H and O–H groups in total. The van der Waals surface area contributed by atoms with Gasteiger partial charge in [-0.25, -0.2) is 14.2 Å². The first-order valence-corrected chi connectivity index (χ1v) is 7.78. The van der Waals surface area contributed by atoms with Gasteiger partial charge in [0.15, 0.2) is 6.10 Å². The van der Waals surface area contributed by atoms with E-state index in [-0.39, 0.29) is 24.8 Å². The molecule has 1 aromatic heterocycles. The summed E-state index contributed by atoms with van der Waals surface area (Å²) in [5.74, 6) is -1.88. The molecule has 23 heavy (non-hydrogen) atoms. The maximum Gasteiger partial charge on any atom is 0.334 e. The van der Waals surface area contributed by atoms with Gasteiger partial charge in [0.2, 0.25) is 0 Å². The van der Waals surface area contributed by atoms with Crippen LogP contribution < -0.4 is 0 Å². The Balaban J connectivity index is 1.79. The highest BCUT2D eigenvalue weighted by Crippen LogP contribution is 2.26. The van der Waals surface area contributed by atoms with Crippen molar-refractivity contribution in [2.75, 3.05) is 19.7 Å². The summed E-state index contributed by atoms with van der Waals surface area (Å²) < 4.78 is 18.9. The van der Waals surface area contributed by atoms with Crippen LogP contribution in [-0.4, -0.2) is 52.7 Å². The second-order valence-corrected chi connectivity index (χ2v) is 5.82. The molecule has 1 aliphatic heterocycles. The smallest absolute Gasteiger partial charge is 0.334 e. The summed E-state index contributed by atoms with van der Waals surface area (Å²) in [6.07, 6.45) is -1.03. The van der Waals surface area contributed by atoms with Gasteiger partial charge >= 0.3 is 5.97 Å². The fourth-order valence-electron chi connectivity index (χ4n) is 2.28. The van der Waals surface area contributed by atoms with Crippen LogP contribution in [0.5, 0.6) is 0 Å². The first kappa shape index (κ1) is 15.6. The van der Waals surface area contributed by atoms with Gasteiger partial charge in [-0.05, 0) is 12.1 Å². The third-order valence-electron chi connectivity index (χ3n) is 3.46. The van der Waals surface area contributed by atoms with Crippen LogP contribution in [0.1, 0.15) is 10.5 Å². The summed E-state index contributed by atoms with van der Waals surface area (Å²) >= 11 is 1.17. The zero-order valence-corrected chi connectivity index (χ0v) is 12.8. The van der Waals surface area contributed by atoms with Crippen LogP contribution in [0, 0.1) is 5.82 Å². The molecular weight excluding hydrogens is 323 g/mol. The number of hydrogen-bond acceptors (Lipinski definition) is 5. The van der Waals surface area contributed by atoms with E-state index in [9.17, 15) is 14.0 Å². The Morgan fingerprint density at radius 3 is 2.91 bits per heavy atom. The van der Waals surface area contributed by atoms with Gasteiger partial charge in [-0.3, -0.25) is 4.79 Å². The van der Waals surface area contributed by atoms with Crippen molar-refractivity contribution in [3.63, 3.8) is 0 Å². The van der Waals surface area contributed by atoms with Crippen molar-refractivity contribution >= 4 is 23.2 Å². The summed E-state index contributed by atoms with van der Waals surface area (Å²) in [5, 5.41) is 10.9. The monoisotopic (exact) mass is 336 g/mol. The maximum absolute atomic E-state index is 13.8. The second-order valence-electron chi connectivity index (χ2n) is 4.97.